The quantitative estimate of drug-likeness (QED) is 0.571. The number of hydrogen-bond acceptors (Lipinski definition) is 5. The molecule has 1 aromatic heterocycles. The van der Waals surface area contributed by atoms with Crippen LogP contribution in [0.4, 0.5) is 5.13 Å². The van der Waals surface area contributed by atoms with E-state index < -0.39 is 6.04 Å². The molecule has 2 aromatic rings. The first-order valence-electron chi connectivity index (χ1n) is 9.91. The molecule has 0 fully saturated rings. The highest BCUT2D eigenvalue weighted by Crippen LogP contribution is 2.27. The Labute approximate surface area is 171 Å². The van der Waals surface area contributed by atoms with E-state index in [0.717, 1.165) is 41.8 Å². The zero-order chi connectivity index (χ0) is 20.5. The molecule has 0 aliphatic heterocycles. The van der Waals surface area contributed by atoms with Crippen molar-refractivity contribution < 1.29 is 9.59 Å². The Morgan fingerprint density at radius 3 is 2.61 bits per heavy atom. The van der Waals surface area contributed by atoms with Gasteiger partial charge in [-0.25, -0.2) is 0 Å². The number of aromatic nitrogens is 2. The summed E-state index contributed by atoms with van der Waals surface area (Å²) in [5, 5.41) is 15.1. The zero-order valence-corrected chi connectivity index (χ0v) is 17.9. The summed E-state index contributed by atoms with van der Waals surface area (Å²) in [7, 11) is 0. The maximum atomic E-state index is 12.7. The molecule has 1 aromatic carbocycles. The second-order valence-electron chi connectivity index (χ2n) is 7.37. The van der Waals surface area contributed by atoms with Gasteiger partial charge < -0.3 is 5.32 Å². The maximum absolute atomic E-state index is 12.7. The molecule has 28 heavy (non-hydrogen) atoms. The number of anilines is 1. The van der Waals surface area contributed by atoms with Crippen molar-refractivity contribution >= 4 is 28.3 Å². The molecular weight excluding hydrogens is 372 g/mol. The highest BCUT2D eigenvalue weighted by molar-refractivity contribution is 7.18. The van der Waals surface area contributed by atoms with Crippen LogP contribution in [-0.2, 0) is 9.59 Å². The molecule has 6 nitrogen and oxygen atoms in total. The van der Waals surface area contributed by atoms with Gasteiger partial charge in [0.25, 0.3) is 0 Å². The molecule has 0 aliphatic carbocycles. The van der Waals surface area contributed by atoms with E-state index in [1.165, 1.54) is 11.3 Å². The lowest BCUT2D eigenvalue weighted by molar-refractivity contribution is -0.127. The fraction of sp³-hybridized carbons (Fsp3) is 0.524. The number of unbranched alkanes of at least 4 members (excludes halogenated alkanes) is 3. The largest absolute Gasteiger partial charge is 0.344 e. The number of nitrogens with zero attached hydrogens (tertiary/aromatic N) is 2. The monoisotopic (exact) mass is 402 g/mol. The van der Waals surface area contributed by atoms with E-state index in [2.05, 4.69) is 27.8 Å². The first kappa shape index (κ1) is 22.0. The Bertz CT molecular complexity index is 788. The van der Waals surface area contributed by atoms with Crippen molar-refractivity contribution in [1.29, 1.82) is 0 Å². The highest BCUT2D eigenvalue weighted by atomic mass is 32.1. The van der Waals surface area contributed by atoms with Crippen LogP contribution in [0.1, 0.15) is 58.4 Å². The molecule has 7 heteroatoms. The minimum Gasteiger partial charge on any atom is -0.344 e. The second kappa shape index (κ2) is 10.9. The van der Waals surface area contributed by atoms with E-state index >= 15 is 0 Å². The van der Waals surface area contributed by atoms with Gasteiger partial charge >= 0.3 is 0 Å². The van der Waals surface area contributed by atoms with Crippen LogP contribution >= 0.6 is 11.3 Å². The number of hydrogen-bond donors (Lipinski definition) is 2. The van der Waals surface area contributed by atoms with Gasteiger partial charge in [0.15, 0.2) is 0 Å². The van der Waals surface area contributed by atoms with Gasteiger partial charge in [-0.05, 0) is 25.3 Å². The Kier molecular flexibility index (Phi) is 8.57. The Morgan fingerprint density at radius 2 is 1.93 bits per heavy atom. The summed E-state index contributed by atoms with van der Waals surface area (Å²) in [6, 6.07) is 7.39. The summed E-state index contributed by atoms with van der Waals surface area (Å²) in [5.74, 6) is -0.365. The third-order valence-electron chi connectivity index (χ3n) is 4.44. The number of aryl methyl sites for hydroxylation is 1. The predicted octanol–water partition coefficient (Wildman–Crippen LogP) is 4.56. The molecule has 0 saturated carbocycles. The van der Waals surface area contributed by atoms with Crippen molar-refractivity contribution in [2.75, 3.05) is 5.32 Å². The molecule has 0 radical (unpaired) electrons. The van der Waals surface area contributed by atoms with Crippen molar-refractivity contribution in [2.45, 2.75) is 65.8 Å². The maximum Gasteiger partial charge on any atom is 0.249 e. The normalized spacial score (nSPS) is 12.0. The molecule has 2 amide bonds. The van der Waals surface area contributed by atoms with Gasteiger partial charge in [0.1, 0.15) is 11.0 Å². The summed E-state index contributed by atoms with van der Waals surface area (Å²) >= 11 is 1.32. The molecular formula is C21H30N4O2S. The molecule has 0 unspecified atom stereocenters. The molecule has 2 rings (SSSR count). The van der Waals surface area contributed by atoms with Crippen molar-refractivity contribution in [2.24, 2.45) is 5.92 Å². The summed E-state index contributed by atoms with van der Waals surface area (Å²) in [4.78, 5) is 24.9. The van der Waals surface area contributed by atoms with Gasteiger partial charge in [-0.3, -0.25) is 14.9 Å². The summed E-state index contributed by atoms with van der Waals surface area (Å²) < 4.78 is 0. The third-order valence-corrected chi connectivity index (χ3v) is 5.33. The number of rotatable bonds is 10. The third kappa shape index (κ3) is 6.71. The fourth-order valence-corrected chi connectivity index (χ4v) is 3.59. The van der Waals surface area contributed by atoms with Gasteiger partial charge in [0.05, 0.1) is 0 Å². The van der Waals surface area contributed by atoms with E-state index in [0.29, 0.717) is 11.6 Å². The number of benzene rings is 1. The molecule has 1 heterocycles. The van der Waals surface area contributed by atoms with Gasteiger partial charge in [-0.2, -0.15) is 0 Å². The summed E-state index contributed by atoms with van der Waals surface area (Å²) in [6.45, 7) is 7.99. The smallest absolute Gasteiger partial charge is 0.249 e. The van der Waals surface area contributed by atoms with Crippen molar-refractivity contribution in [3.05, 3.63) is 29.8 Å². The van der Waals surface area contributed by atoms with E-state index in [-0.39, 0.29) is 17.7 Å². The van der Waals surface area contributed by atoms with E-state index in [4.69, 9.17) is 0 Å². The SMILES string of the molecule is CCCCCCC(=O)N[C@@H](C(=O)Nc1nnc(-c2cccc(C)c2)s1)C(C)C. The van der Waals surface area contributed by atoms with Crippen LogP contribution < -0.4 is 10.6 Å². The van der Waals surface area contributed by atoms with Crippen molar-refractivity contribution in [3.8, 4) is 10.6 Å². The average Bonchev–Trinajstić information content (AvgIpc) is 3.11. The molecule has 152 valence electrons. The topological polar surface area (TPSA) is 84.0 Å². The van der Waals surface area contributed by atoms with Gasteiger partial charge in [0, 0.05) is 12.0 Å². The lowest BCUT2D eigenvalue weighted by atomic mass is 10.0. The Balaban J connectivity index is 1.96. The molecule has 0 aliphatic rings. The van der Waals surface area contributed by atoms with Gasteiger partial charge in [-0.15, -0.1) is 10.2 Å². The summed E-state index contributed by atoms with van der Waals surface area (Å²) in [5.41, 5.74) is 2.11. The van der Waals surface area contributed by atoms with E-state index in [1.54, 1.807) is 0 Å². The molecule has 1 atom stereocenters. The number of carbonyl (C=O) groups excluding carboxylic acids is 2. The fourth-order valence-electron chi connectivity index (χ4n) is 2.84. The van der Waals surface area contributed by atoms with Crippen LogP contribution in [0.2, 0.25) is 0 Å². The standard InChI is InChI=1S/C21H30N4O2S/c1-5-6-7-8-12-17(26)22-18(14(2)3)19(27)23-21-25-24-20(28-21)16-11-9-10-15(4)13-16/h9-11,13-14,18H,5-8,12H2,1-4H3,(H,22,26)(H,23,25,27)/t18-/m1/s1. The van der Waals surface area contributed by atoms with Crippen LogP contribution in [0, 0.1) is 12.8 Å². The lowest BCUT2D eigenvalue weighted by Crippen LogP contribution is -2.47. The van der Waals surface area contributed by atoms with Gasteiger partial charge in [0.2, 0.25) is 16.9 Å². The van der Waals surface area contributed by atoms with Crippen molar-refractivity contribution in [3.63, 3.8) is 0 Å². The average molecular weight is 403 g/mol. The highest BCUT2D eigenvalue weighted by Gasteiger charge is 2.25. The number of nitrogens with one attached hydrogen (secondary N) is 2. The van der Waals surface area contributed by atoms with Crippen LogP contribution in [0.15, 0.2) is 24.3 Å². The van der Waals surface area contributed by atoms with Crippen molar-refractivity contribution in [1.82, 2.24) is 15.5 Å². The number of amides is 2. The first-order valence-corrected chi connectivity index (χ1v) is 10.7. The first-order chi connectivity index (χ1) is 13.4. The molecule has 0 spiro atoms. The zero-order valence-electron chi connectivity index (χ0n) is 17.1. The lowest BCUT2D eigenvalue weighted by Gasteiger charge is -2.21. The van der Waals surface area contributed by atoms with Crippen LogP contribution in [-0.4, -0.2) is 28.1 Å². The summed E-state index contributed by atoms with van der Waals surface area (Å²) in [6.07, 6.45) is 4.59. The minimum atomic E-state index is -0.593. The molecule has 0 saturated heterocycles. The van der Waals surface area contributed by atoms with Gasteiger partial charge in [-0.1, -0.05) is 75.1 Å². The van der Waals surface area contributed by atoms with Crippen LogP contribution in [0.25, 0.3) is 10.6 Å². The Hall–Kier alpha value is -2.28. The van der Waals surface area contributed by atoms with E-state index in [9.17, 15) is 9.59 Å². The molecule has 0 bridgehead atoms. The second-order valence-corrected chi connectivity index (χ2v) is 8.35. The number of carbonyl (C=O) groups is 2. The minimum absolute atomic E-state index is 0.0243. The van der Waals surface area contributed by atoms with Crippen LogP contribution in [0.3, 0.4) is 0 Å². The predicted molar refractivity (Wildman–Crippen MR) is 114 cm³/mol. The Morgan fingerprint density at radius 1 is 1.14 bits per heavy atom. The van der Waals surface area contributed by atoms with Crippen LogP contribution in [0.5, 0.6) is 0 Å². The molecule has 2 N–H and O–H groups in total. The van der Waals surface area contributed by atoms with E-state index in [1.807, 2.05) is 45.0 Å².